The predicted molar refractivity (Wildman–Crippen MR) is 246 cm³/mol. The number of allylic oxidation sites excluding steroid dienone is 1. The van der Waals surface area contributed by atoms with E-state index in [2.05, 4.69) is 6.58 Å². The molecule has 0 fully saturated rings. The molecule has 2 rings (SSSR count). The first-order valence-electron chi connectivity index (χ1n) is 21.8. The van der Waals surface area contributed by atoms with E-state index in [0.29, 0.717) is 31.6 Å². The Balaban J connectivity index is 2.15. The fourth-order valence-electron chi connectivity index (χ4n) is 6.79. The van der Waals surface area contributed by atoms with Crippen molar-refractivity contribution in [2.24, 2.45) is 10.8 Å². The number of nitrogens with zero attached hydrogens (tertiary/aromatic N) is 2. The van der Waals surface area contributed by atoms with Gasteiger partial charge in [0.05, 0.1) is 25.6 Å². The summed E-state index contributed by atoms with van der Waals surface area (Å²) < 4.78 is 57.6. The number of ether oxygens (including phenoxy) is 2. The minimum absolute atomic E-state index is 0.0578. The van der Waals surface area contributed by atoms with E-state index in [0.717, 1.165) is 11.1 Å². The maximum absolute atomic E-state index is 14.5. The zero-order valence-corrected chi connectivity index (χ0v) is 42.0. The molecule has 0 bridgehead atoms. The molecule has 5 atom stereocenters. The van der Waals surface area contributed by atoms with Crippen LogP contribution in [0.5, 0.6) is 0 Å². The number of benzene rings is 2. The van der Waals surface area contributed by atoms with E-state index in [1.807, 2.05) is 156 Å². The first-order chi connectivity index (χ1) is 28.3. The van der Waals surface area contributed by atoms with E-state index in [-0.39, 0.29) is 38.8 Å². The van der Waals surface area contributed by atoms with Crippen molar-refractivity contribution in [3.8, 4) is 0 Å². The third-order valence-electron chi connectivity index (χ3n) is 9.55. The third-order valence-corrected chi connectivity index (χ3v) is 14.5. The highest BCUT2D eigenvalue weighted by Crippen LogP contribution is 2.61. The summed E-state index contributed by atoms with van der Waals surface area (Å²) in [5.74, 6) is -1.07. The molecular formula is C47H80N2O10P2. The van der Waals surface area contributed by atoms with Crippen LogP contribution < -0.4 is 0 Å². The Labute approximate surface area is 369 Å². The number of hydrogen-bond acceptors (Lipinski definition) is 12. The molecule has 0 aliphatic heterocycles. The molecule has 0 N–H and O–H groups in total. The van der Waals surface area contributed by atoms with Crippen LogP contribution in [0.25, 0.3) is 0 Å². The maximum atomic E-state index is 14.5. The summed E-state index contributed by atoms with van der Waals surface area (Å²) in [4.78, 5) is 26.8. The van der Waals surface area contributed by atoms with Crippen molar-refractivity contribution in [1.82, 2.24) is 10.1 Å². The van der Waals surface area contributed by atoms with Crippen LogP contribution in [0.15, 0.2) is 73.0 Å². The van der Waals surface area contributed by atoms with Crippen LogP contribution in [-0.4, -0.2) is 71.8 Å². The molecule has 0 aliphatic carbocycles. The molecular weight excluding hydrogens is 814 g/mol. The van der Waals surface area contributed by atoms with Gasteiger partial charge in [0.1, 0.15) is 37.0 Å². The number of hydrogen-bond donors (Lipinski definition) is 0. The van der Waals surface area contributed by atoms with Crippen LogP contribution in [0.3, 0.4) is 0 Å². The van der Waals surface area contributed by atoms with Gasteiger partial charge >= 0.3 is 13.6 Å². The minimum atomic E-state index is -3.72. The Morgan fingerprint density at radius 1 is 0.656 bits per heavy atom. The highest BCUT2D eigenvalue weighted by Gasteiger charge is 2.52. The first kappa shape index (κ1) is 54.8. The Morgan fingerprint density at radius 3 is 1.51 bits per heavy atom. The predicted octanol–water partition coefficient (Wildman–Crippen LogP) is 12.7. The quantitative estimate of drug-likeness (QED) is 0.0294. The average Bonchev–Trinajstić information content (AvgIpc) is 3.14. The maximum Gasteiger partial charge on any atom is 0.350 e. The Hall–Kier alpha value is -2.37. The SMILES string of the molecule is C=C(CCCCC(=O)OCC(ON(C(C(C)(C)C)P(=O)(OCC)OCC)C(C)(C)C)c1ccccc1)OCC(ON(C([PH](=O)OCC)C(C)(C)C)C(C)(C)C)c1ccccc1. The van der Waals surface area contributed by atoms with E-state index >= 15 is 0 Å². The van der Waals surface area contributed by atoms with Gasteiger partial charge in [-0.1, -0.05) is 109 Å². The van der Waals surface area contributed by atoms with Gasteiger partial charge in [0.2, 0.25) is 8.03 Å². The van der Waals surface area contributed by atoms with Crippen molar-refractivity contribution in [3.05, 3.63) is 84.1 Å². The number of hydroxylamine groups is 4. The Kier molecular flexibility index (Phi) is 22.1. The van der Waals surface area contributed by atoms with Crippen molar-refractivity contribution in [3.63, 3.8) is 0 Å². The molecule has 2 aromatic carbocycles. The molecule has 12 nitrogen and oxygen atoms in total. The number of rotatable bonds is 26. The third kappa shape index (κ3) is 18.0. The molecule has 348 valence electrons. The van der Waals surface area contributed by atoms with E-state index < -0.39 is 61.3 Å². The van der Waals surface area contributed by atoms with Crippen molar-refractivity contribution in [2.75, 3.05) is 33.0 Å². The molecule has 0 heterocycles. The second-order valence-corrected chi connectivity index (χ2v) is 22.9. The average molecular weight is 895 g/mol. The largest absolute Gasteiger partial charge is 0.495 e. The topological polar surface area (TPSA) is 122 Å². The Morgan fingerprint density at radius 2 is 1.10 bits per heavy atom. The molecule has 14 heteroatoms. The van der Waals surface area contributed by atoms with E-state index in [1.165, 1.54) is 0 Å². The van der Waals surface area contributed by atoms with Gasteiger partial charge in [0.15, 0.2) is 0 Å². The lowest BCUT2D eigenvalue weighted by Gasteiger charge is -2.48. The summed E-state index contributed by atoms with van der Waals surface area (Å²) >= 11 is 0. The summed E-state index contributed by atoms with van der Waals surface area (Å²) in [7, 11) is -6.24. The van der Waals surface area contributed by atoms with Gasteiger partial charge in [-0.2, -0.15) is 10.1 Å². The normalized spacial score (nSPS) is 15.6. The Bertz CT molecular complexity index is 1660. The second-order valence-electron chi connectivity index (χ2n) is 19.4. The van der Waals surface area contributed by atoms with Crippen LogP contribution in [-0.2, 0) is 46.6 Å². The minimum Gasteiger partial charge on any atom is -0.495 e. The van der Waals surface area contributed by atoms with Gasteiger partial charge in [-0.05, 0) is 97.1 Å². The molecule has 0 saturated carbocycles. The molecule has 0 saturated heterocycles. The fraction of sp³-hybridized carbons (Fsp3) is 0.681. The van der Waals surface area contributed by atoms with Crippen LogP contribution in [0.4, 0.5) is 0 Å². The van der Waals surface area contributed by atoms with Gasteiger partial charge < -0.3 is 23.0 Å². The summed E-state index contributed by atoms with van der Waals surface area (Å²) in [6.45, 7) is 34.6. The van der Waals surface area contributed by atoms with Gasteiger partial charge in [-0.3, -0.25) is 23.6 Å². The molecule has 5 unspecified atom stereocenters. The van der Waals surface area contributed by atoms with Crippen LogP contribution in [0, 0.1) is 10.8 Å². The number of esters is 1. The van der Waals surface area contributed by atoms with Gasteiger partial charge in [-0.15, -0.1) is 0 Å². The van der Waals surface area contributed by atoms with E-state index in [9.17, 15) is 13.9 Å². The van der Waals surface area contributed by atoms with Crippen LogP contribution >= 0.6 is 15.6 Å². The first-order valence-corrected chi connectivity index (χ1v) is 24.8. The highest BCUT2D eigenvalue weighted by molar-refractivity contribution is 7.54. The van der Waals surface area contributed by atoms with E-state index in [4.69, 9.17) is 32.7 Å². The lowest BCUT2D eigenvalue weighted by Crippen LogP contribution is -2.54. The van der Waals surface area contributed by atoms with Gasteiger partial charge in [0, 0.05) is 23.9 Å². The van der Waals surface area contributed by atoms with Crippen molar-refractivity contribution < 1.29 is 46.6 Å². The lowest BCUT2D eigenvalue weighted by atomic mass is 9.94. The number of carbonyl (C=O) groups excluding carboxylic acids is 1. The summed E-state index contributed by atoms with van der Waals surface area (Å²) in [5, 5.41) is 3.55. The molecule has 2 aromatic rings. The number of carbonyl (C=O) groups is 1. The molecule has 0 aromatic heterocycles. The summed E-state index contributed by atoms with van der Waals surface area (Å²) in [5.41, 5.74) is -0.466. The molecule has 0 amide bonds. The van der Waals surface area contributed by atoms with E-state index in [1.54, 1.807) is 18.9 Å². The van der Waals surface area contributed by atoms with Gasteiger partial charge in [0.25, 0.3) is 0 Å². The molecule has 61 heavy (non-hydrogen) atoms. The number of unbranched alkanes of at least 4 members (excludes halogenated alkanes) is 1. The van der Waals surface area contributed by atoms with Crippen molar-refractivity contribution in [1.29, 1.82) is 0 Å². The summed E-state index contributed by atoms with van der Waals surface area (Å²) in [6.07, 6.45) is 0.702. The zero-order valence-electron chi connectivity index (χ0n) is 40.1. The monoisotopic (exact) mass is 895 g/mol. The van der Waals surface area contributed by atoms with Crippen LogP contribution in [0.1, 0.15) is 153 Å². The summed E-state index contributed by atoms with van der Waals surface area (Å²) in [6, 6.07) is 19.4. The smallest absolute Gasteiger partial charge is 0.350 e. The highest BCUT2D eigenvalue weighted by atomic mass is 31.2. The molecule has 0 radical (unpaired) electrons. The van der Waals surface area contributed by atoms with Gasteiger partial charge in [-0.25, -0.2) is 0 Å². The zero-order chi connectivity index (χ0) is 46.2. The fourth-order valence-corrected chi connectivity index (χ4v) is 11.3. The standard InChI is InChI=1S/C47H80N2O10P2/c1-17-55-60(51)42(44(5,6)7)48(46(11,12)13)58-39(37-29-22-20-23-30-37)34-53-36(4)28-26-27-33-41(50)54-35-40(38-31-24-21-25-32-38)59-49(47(14,15)16)43(45(8,9)10)61(52,56-18-2)57-19-3/h20-25,29-32,39-40,42-43,60H,4,17-19,26-28,33-35H2,1-3,5-16H3. The lowest BCUT2D eigenvalue weighted by molar-refractivity contribution is -0.275. The van der Waals surface area contributed by atoms with Crippen molar-refractivity contribution >= 4 is 21.6 Å². The molecule has 0 spiro atoms. The van der Waals surface area contributed by atoms with Crippen LogP contribution in [0.2, 0.25) is 0 Å². The van der Waals surface area contributed by atoms with Crippen molar-refractivity contribution in [2.45, 2.75) is 164 Å². The second kappa shape index (κ2) is 24.6. The molecule has 0 aliphatic rings.